The van der Waals surface area contributed by atoms with Crippen LogP contribution in [0.25, 0.3) is 0 Å². The lowest BCUT2D eigenvalue weighted by Crippen LogP contribution is -2.35. The molecule has 0 unspecified atom stereocenters. The second-order valence-electron chi connectivity index (χ2n) is 4.47. The highest BCUT2D eigenvalue weighted by atomic mass is 32.2. The molecular formula is C14H20N2O2S. The van der Waals surface area contributed by atoms with E-state index in [0.717, 1.165) is 18.4 Å². The van der Waals surface area contributed by atoms with Gasteiger partial charge >= 0.3 is 0 Å². The molecule has 0 aliphatic carbocycles. The van der Waals surface area contributed by atoms with Crippen molar-refractivity contribution in [3.63, 3.8) is 0 Å². The molecule has 0 N–H and O–H groups in total. The highest BCUT2D eigenvalue weighted by Crippen LogP contribution is 2.23. The maximum Gasteiger partial charge on any atom is 0.228 e. The average molecular weight is 280 g/mol. The molecule has 0 aliphatic heterocycles. The van der Waals surface area contributed by atoms with Crippen molar-refractivity contribution < 1.29 is 8.42 Å². The molecule has 0 aromatic heterocycles. The van der Waals surface area contributed by atoms with E-state index in [9.17, 15) is 8.42 Å². The van der Waals surface area contributed by atoms with Crippen LogP contribution in [0.4, 0.5) is 0 Å². The quantitative estimate of drug-likeness (QED) is 0.771. The van der Waals surface area contributed by atoms with Crippen molar-refractivity contribution in [1.29, 1.82) is 5.26 Å². The molecule has 0 aliphatic rings. The van der Waals surface area contributed by atoms with Gasteiger partial charge in [0.15, 0.2) is 5.75 Å². The van der Waals surface area contributed by atoms with Gasteiger partial charge in [-0.2, -0.15) is 9.57 Å². The summed E-state index contributed by atoms with van der Waals surface area (Å²) in [5.74, 6) is -0.464. The van der Waals surface area contributed by atoms with Gasteiger partial charge in [-0.3, -0.25) is 0 Å². The van der Waals surface area contributed by atoms with Crippen LogP contribution in [0.3, 0.4) is 0 Å². The third-order valence-electron chi connectivity index (χ3n) is 3.05. The molecule has 0 fully saturated rings. The molecule has 0 amide bonds. The van der Waals surface area contributed by atoms with Gasteiger partial charge in [-0.25, -0.2) is 8.42 Å². The molecule has 0 heterocycles. The number of benzene rings is 1. The Kier molecular flexibility index (Phi) is 6.00. The minimum atomic E-state index is -3.52. The monoisotopic (exact) mass is 280 g/mol. The molecule has 0 radical (unpaired) electrons. The Morgan fingerprint density at radius 3 is 2.47 bits per heavy atom. The van der Waals surface area contributed by atoms with Gasteiger partial charge < -0.3 is 0 Å². The van der Waals surface area contributed by atoms with Crippen LogP contribution in [0.2, 0.25) is 0 Å². The third-order valence-corrected chi connectivity index (χ3v) is 4.76. The number of rotatable bonds is 7. The second kappa shape index (κ2) is 7.27. The van der Waals surface area contributed by atoms with Crippen LogP contribution >= 0.6 is 0 Å². The number of unbranched alkanes of at least 4 members (excludes halogenated alkanes) is 1. The van der Waals surface area contributed by atoms with Gasteiger partial charge in [-0.15, -0.1) is 0 Å². The third kappa shape index (κ3) is 4.34. The van der Waals surface area contributed by atoms with Crippen molar-refractivity contribution in [1.82, 2.24) is 4.31 Å². The molecular weight excluding hydrogens is 260 g/mol. The Balaban J connectivity index is 3.01. The first-order valence-electron chi connectivity index (χ1n) is 6.44. The van der Waals surface area contributed by atoms with Crippen LogP contribution in [-0.2, 0) is 10.0 Å². The Hall–Kier alpha value is -1.38. The Morgan fingerprint density at radius 2 is 1.95 bits per heavy atom. The van der Waals surface area contributed by atoms with E-state index < -0.39 is 15.8 Å². The van der Waals surface area contributed by atoms with Crippen LogP contribution in [0.15, 0.2) is 30.3 Å². The smallest absolute Gasteiger partial charge is 0.211 e. The number of sulfonamides is 1. The predicted molar refractivity (Wildman–Crippen MR) is 75.9 cm³/mol. The van der Waals surface area contributed by atoms with E-state index in [2.05, 4.69) is 0 Å². The number of nitrogens with zero attached hydrogens (tertiary/aromatic N) is 2. The number of hydrogen-bond donors (Lipinski definition) is 0. The topological polar surface area (TPSA) is 61.2 Å². The van der Waals surface area contributed by atoms with Crippen LogP contribution in [0, 0.1) is 11.3 Å². The van der Waals surface area contributed by atoms with Crippen LogP contribution in [0.1, 0.15) is 38.3 Å². The zero-order valence-electron chi connectivity index (χ0n) is 11.4. The molecule has 0 saturated carbocycles. The van der Waals surface area contributed by atoms with E-state index in [1.165, 1.54) is 4.31 Å². The predicted octanol–water partition coefficient (Wildman–Crippen LogP) is 2.70. The summed E-state index contributed by atoms with van der Waals surface area (Å²) in [6.07, 6.45) is 1.71. The summed E-state index contributed by atoms with van der Waals surface area (Å²) >= 11 is 0. The Labute approximate surface area is 115 Å². The van der Waals surface area contributed by atoms with Gasteiger partial charge in [0.05, 0.1) is 6.07 Å². The van der Waals surface area contributed by atoms with Crippen molar-refractivity contribution in [3.05, 3.63) is 35.9 Å². The van der Waals surface area contributed by atoms with Crippen molar-refractivity contribution in [2.45, 2.75) is 32.7 Å². The molecule has 0 spiro atoms. The molecule has 5 heteroatoms. The zero-order valence-corrected chi connectivity index (χ0v) is 12.2. The van der Waals surface area contributed by atoms with E-state index in [1.807, 2.05) is 44.2 Å². The van der Waals surface area contributed by atoms with Crippen LogP contribution < -0.4 is 0 Å². The van der Waals surface area contributed by atoms with Crippen molar-refractivity contribution >= 4 is 10.0 Å². The fourth-order valence-corrected chi connectivity index (χ4v) is 3.29. The van der Waals surface area contributed by atoms with Gasteiger partial charge in [0, 0.05) is 12.6 Å². The van der Waals surface area contributed by atoms with Crippen molar-refractivity contribution in [3.8, 4) is 6.07 Å². The van der Waals surface area contributed by atoms with Gasteiger partial charge in [-0.1, -0.05) is 43.7 Å². The molecule has 0 saturated heterocycles. The summed E-state index contributed by atoms with van der Waals surface area (Å²) in [6, 6.07) is 11.0. The maximum atomic E-state index is 12.2. The van der Waals surface area contributed by atoms with Crippen LogP contribution in [-0.4, -0.2) is 25.0 Å². The van der Waals surface area contributed by atoms with E-state index >= 15 is 0 Å². The summed E-state index contributed by atoms with van der Waals surface area (Å²) in [7, 11) is -3.52. The normalized spacial score (nSPS) is 13.2. The number of hydrogen-bond acceptors (Lipinski definition) is 3. The van der Waals surface area contributed by atoms with E-state index in [0.29, 0.717) is 6.54 Å². The van der Waals surface area contributed by atoms with Gasteiger partial charge in [0.1, 0.15) is 0 Å². The Bertz CT molecular complexity index is 520. The number of nitriles is 1. The SMILES string of the molecule is CCCCN([C@H](C)c1ccccc1)S(=O)(=O)CC#N. The molecule has 0 bridgehead atoms. The average Bonchev–Trinajstić information content (AvgIpc) is 2.39. The minimum Gasteiger partial charge on any atom is -0.211 e. The van der Waals surface area contributed by atoms with Gasteiger partial charge in [-0.05, 0) is 18.9 Å². The van der Waals surface area contributed by atoms with Crippen molar-refractivity contribution in [2.24, 2.45) is 0 Å². The van der Waals surface area contributed by atoms with E-state index in [4.69, 9.17) is 5.26 Å². The summed E-state index contributed by atoms with van der Waals surface area (Å²) in [5, 5.41) is 8.67. The maximum absolute atomic E-state index is 12.2. The van der Waals surface area contributed by atoms with E-state index in [-0.39, 0.29) is 6.04 Å². The highest BCUT2D eigenvalue weighted by molar-refractivity contribution is 7.89. The van der Waals surface area contributed by atoms with Crippen LogP contribution in [0.5, 0.6) is 0 Å². The van der Waals surface area contributed by atoms with Crippen molar-refractivity contribution in [2.75, 3.05) is 12.3 Å². The molecule has 1 aromatic rings. The summed E-state index contributed by atoms with van der Waals surface area (Å²) in [4.78, 5) is 0. The summed E-state index contributed by atoms with van der Waals surface area (Å²) < 4.78 is 25.7. The van der Waals surface area contributed by atoms with Gasteiger partial charge in [0.2, 0.25) is 10.0 Å². The molecule has 4 nitrogen and oxygen atoms in total. The first-order valence-corrected chi connectivity index (χ1v) is 8.05. The highest BCUT2D eigenvalue weighted by Gasteiger charge is 2.27. The molecule has 1 rings (SSSR count). The lowest BCUT2D eigenvalue weighted by atomic mass is 10.1. The fourth-order valence-electron chi connectivity index (χ4n) is 1.95. The standard InChI is InChI=1S/C14H20N2O2S/c1-3-4-11-16(19(17,18)12-10-15)13(2)14-8-6-5-7-9-14/h5-9,13H,3-4,11-12H2,1-2H3/t13-/m1/s1. The second-order valence-corrected chi connectivity index (χ2v) is 6.39. The van der Waals surface area contributed by atoms with E-state index in [1.54, 1.807) is 6.07 Å². The first kappa shape index (κ1) is 15.7. The largest absolute Gasteiger partial charge is 0.228 e. The summed E-state index contributed by atoms with van der Waals surface area (Å²) in [6.45, 7) is 4.33. The molecule has 19 heavy (non-hydrogen) atoms. The fraction of sp³-hybridized carbons (Fsp3) is 0.500. The zero-order chi connectivity index (χ0) is 14.3. The van der Waals surface area contributed by atoms with Gasteiger partial charge in [0.25, 0.3) is 0 Å². The minimum absolute atomic E-state index is 0.244. The lowest BCUT2D eigenvalue weighted by molar-refractivity contribution is 0.338. The molecule has 1 aromatic carbocycles. The lowest BCUT2D eigenvalue weighted by Gasteiger charge is -2.27. The first-order chi connectivity index (χ1) is 9.03. The Morgan fingerprint density at radius 1 is 1.32 bits per heavy atom. The molecule has 1 atom stereocenters. The summed E-state index contributed by atoms with van der Waals surface area (Å²) in [5.41, 5.74) is 0.945. The molecule has 104 valence electrons.